The van der Waals surface area contributed by atoms with Crippen LogP contribution in [-0.4, -0.2) is 36.8 Å². The zero-order valence-electron chi connectivity index (χ0n) is 10.3. The zero-order chi connectivity index (χ0) is 11.1. The molecule has 0 aromatic heterocycles. The lowest BCUT2D eigenvalue weighted by molar-refractivity contribution is 0.0762. The van der Waals surface area contributed by atoms with Crippen LogP contribution in [0.4, 0.5) is 0 Å². The number of thioether (sulfide) groups is 1. The van der Waals surface area contributed by atoms with Gasteiger partial charge >= 0.3 is 0 Å². The molecule has 0 aromatic carbocycles. The van der Waals surface area contributed by atoms with Gasteiger partial charge in [0.05, 0.1) is 0 Å². The van der Waals surface area contributed by atoms with Crippen molar-refractivity contribution in [3.63, 3.8) is 0 Å². The molecule has 90 valence electrons. The molecule has 1 atom stereocenters. The molecule has 0 saturated carbocycles. The standard InChI is InChI=1S/C12H25NOS/c1-10(2)8-15-9-11(3)13-12-4-6-14-7-5-12/h10-13H,4-9H2,1-3H3. The Morgan fingerprint density at radius 1 is 1.20 bits per heavy atom. The van der Waals surface area contributed by atoms with E-state index in [0.29, 0.717) is 12.1 Å². The van der Waals surface area contributed by atoms with E-state index in [4.69, 9.17) is 4.74 Å². The lowest BCUT2D eigenvalue weighted by Gasteiger charge is -2.26. The van der Waals surface area contributed by atoms with Crippen molar-refractivity contribution < 1.29 is 4.74 Å². The van der Waals surface area contributed by atoms with Crippen LogP contribution in [-0.2, 0) is 4.74 Å². The van der Waals surface area contributed by atoms with E-state index in [1.54, 1.807) is 0 Å². The molecule has 0 bridgehead atoms. The predicted octanol–water partition coefficient (Wildman–Crippen LogP) is 2.53. The van der Waals surface area contributed by atoms with Crippen LogP contribution in [0, 0.1) is 5.92 Å². The van der Waals surface area contributed by atoms with Crippen LogP contribution < -0.4 is 5.32 Å². The summed E-state index contributed by atoms with van der Waals surface area (Å²) in [5.74, 6) is 3.32. The van der Waals surface area contributed by atoms with E-state index in [1.807, 2.05) is 0 Å². The summed E-state index contributed by atoms with van der Waals surface area (Å²) >= 11 is 2.06. The first-order valence-electron chi connectivity index (χ1n) is 6.10. The third-order valence-corrected chi connectivity index (χ3v) is 4.20. The van der Waals surface area contributed by atoms with Crippen molar-refractivity contribution in [1.82, 2.24) is 5.32 Å². The summed E-state index contributed by atoms with van der Waals surface area (Å²) in [5, 5.41) is 3.69. The van der Waals surface area contributed by atoms with Gasteiger partial charge in [-0.05, 0) is 31.4 Å². The van der Waals surface area contributed by atoms with Gasteiger partial charge in [0.2, 0.25) is 0 Å². The molecule has 1 N–H and O–H groups in total. The fraction of sp³-hybridized carbons (Fsp3) is 1.00. The second-order valence-electron chi connectivity index (χ2n) is 4.89. The highest BCUT2D eigenvalue weighted by atomic mass is 32.2. The van der Waals surface area contributed by atoms with Crippen molar-refractivity contribution in [2.24, 2.45) is 5.92 Å². The Bertz CT molecular complexity index is 158. The van der Waals surface area contributed by atoms with Crippen molar-refractivity contribution in [1.29, 1.82) is 0 Å². The van der Waals surface area contributed by atoms with Gasteiger partial charge < -0.3 is 10.1 Å². The second kappa shape index (κ2) is 7.53. The van der Waals surface area contributed by atoms with Crippen LogP contribution in [0.25, 0.3) is 0 Å². The Balaban J connectivity index is 2.03. The number of rotatable bonds is 6. The summed E-state index contributed by atoms with van der Waals surface area (Å²) in [7, 11) is 0. The molecule has 15 heavy (non-hydrogen) atoms. The van der Waals surface area contributed by atoms with Gasteiger partial charge in [0, 0.05) is 31.1 Å². The average molecular weight is 231 g/mol. The smallest absolute Gasteiger partial charge is 0.0480 e. The first-order valence-corrected chi connectivity index (χ1v) is 7.25. The van der Waals surface area contributed by atoms with Crippen LogP contribution in [0.1, 0.15) is 33.6 Å². The van der Waals surface area contributed by atoms with Crippen LogP contribution in [0.3, 0.4) is 0 Å². The summed E-state index contributed by atoms with van der Waals surface area (Å²) in [5.41, 5.74) is 0. The van der Waals surface area contributed by atoms with Gasteiger partial charge in [-0.1, -0.05) is 13.8 Å². The molecule has 1 fully saturated rings. The number of ether oxygens (including phenoxy) is 1. The molecule has 1 unspecified atom stereocenters. The van der Waals surface area contributed by atoms with Crippen LogP contribution in [0.5, 0.6) is 0 Å². The van der Waals surface area contributed by atoms with Gasteiger partial charge in [-0.15, -0.1) is 0 Å². The van der Waals surface area contributed by atoms with E-state index in [-0.39, 0.29) is 0 Å². The maximum absolute atomic E-state index is 5.35. The molecule has 0 aliphatic carbocycles. The molecular formula is C12H25NOS. The Morgan fingerprint density at radius 2 is 1.87 bits per heavy atom. The molecule has 2 nitrogen and oxygen atoms in total. The number of nitrogens with one attached hydrogen (secondary N) is 1. The third-order valence-electron chi connectivity index (χ3n) is 2.56. The fourth-order valence-electron chi connectivity index (χ4n) is 1.80. The first kappa shape index (κ1) is 13.3. The molecule has 1 aliphatic rings. The lowest BCUT2D eigenvalue weighted by Crippen LogP contribution is -2.41. The SMILES string of the molecule is CC(C)CSCC(C)NC1CCOCC1. The molecule has 3 heteroatoms. The van der Waals surface area contributed by atoms with Crippen LogP contribution in [0.2, 0.25) is 0 Å². The van der Waals surface area contributed by atoms with E-state index in [0.717, 1.165) is 19.1 Å². The Morgan fingerprint density at radius 3 is 2.47 bits per heavy atom. The topological polar surface area (TPSA) is 21.3 Å². The highest BCUT2D eigenvalue weighted by molar-refractivity contribution is 7.99. The van der Waals surface area contributed by atoms with Crippen LogP contribution >= 0.6 is 11.8 Å². The molecular weight excluding hydrogens is 206 g/mol. The first-order chi connectivity index (χ1) is 7.18. The molecule has 1 aliphatic heterocycles. The van der Waals surface area contributed by atoms with E-state index in [9.17, 15) is 0 Å². The van der Waals surface area contributed by atoms with Gasteiger partial charge in [-0.25, -0.2) is 0 Å². The highest BCUT2D eigenvalue weighted by Crippen LogP contribution is 2.11. The van der Waals surface area contributed by atoms with E-state index in [2.05, 4.69) is 37.8 Å². The van der Waals surface area contributed by atoms with Crippen molar-refractivity contribution in [3.8, 4) is 0 Å². The summed E-state index contributed by atoms with van der Waals surface area (Å²) in [4.78, 5) is 0. The van der Waals surface area contributed by atoms with Gasteiger partial charge in [0.15, 0.2) is 0 Å². The summed E-state index contributed by atoms with van der Waals surface area (Å²) < 4.78 is 5.35. The van der Waals surface area contributed by atoms with Crippen molar-refractivity contribution in [2.75, 3.05) is 24.7 Å². The van der Waals surface area contributed by atoms with Gasteiger partial charge in [0.25, 0.3) is 0 Å². The predicted molar refractivity (Wildman–Crippen MR) is 68.6 cm³/mol. The zero-order valence-corrected chi connectivity index (χ0v) is 11.1. The summed E-state index contributed by atoms with van der Waals surface area (Å²) in [6.45, 7) is 8.73. The minimum atomic E-state index is 0.636. The lowest BCUT2D eigenvalue weighted by atomic mass is 10.1. The molecule has 0 spiro atoms. The Hall–Kier alpha value is 0.270. The highest BCUT2D eigenvalue weighted by Gasteiger charge is 2.15. The van der Waals surface area contributed by atoms with E-state index in [1.165, 1.54) is 24.3 Å². The van der Waals surface area contributed by atoms with Crippen molar-refractivity contribution >= 4 is 11.8 Å². The molecule has 1 heterocycles. The number of hydrogen-bond donors (Lipinski definition) is 1. The fourth-order valence-corrected chi connectivity index (χ4v) is 2.85. The normalized spacial score (nSPS) is 20.8. The second-order valence-corrected chi connectivity index (χ2v) is 5.96. The molecule has 0 radical (unpaired) electrons. The van der Waals surface area contributed by atoms with E-state index >= 15 is 0 Å². The van der Waals surface area contributed by atoms with E-state index < -0.39 is 0 Å². The summed E-state index contributed by atoms with van der Waals surface area (Å²) in [6, 6.07) is 1.32. The molecule has 1 saturated heterocycles. The monoisotopic (exact) mass is 231 g/mol. The molecule has 0 amide bonds. The van der Waals surface area contributed by atoms with Gasteiger partial charge in [-0.2, -0.15) is 11.8 Å². The van der Waals surface area contributed by atoms with Crippen molar-refractivity contribution in [3.05, 3.63) is 0 Å². The van der Waals surface area contributed by atoms with Gasteiger partial charge in [0.1, 0.15) is 0 Å². The largest absolute Gasteiger partial charge is 0.381 e. The maximum atomic E-state index is 5.35. The average Bonchev–Trinajstić information content (AvgIpc) is 2.18. The van der Waals surface area contributed by atoms with Gasteiger partial charge in [-0.3, -0.25) is 0 Å². The minimum Gasteiger partial charge on any atom is -0.381 e. The number of hydrogen-bond acceptors (Lipinski definition) is 3. The quantitative estimate of drug-likeness (QED) is 0.759. The van der Waals surface area contributed by atoms with Crippen molar-refractivity contribution in [2.45, 2.75) is 45.7 Å². The Labute approximate surface area is 98.5 Å². The Kier molecular flexibility index (Phi) is 6.69. The third kappa shape index (κ3) is 6.44. The summed E-state index contributed by atoms with van der Waals surface area (Å²) in [6.07, 6.45) is 2.36. The molecule has 0 aromatic rings. The maximum Gasteiger partial charge on any atom is 0.0480 e. The minimum absolute atomic E-state index is 0.636. The molecule has 1 rings (SSSR count). The van der Waals surface area contributed by atoms with Crippen LogP contribution in [0.15, 0.2) is 0 Å².